The third-order valence-corrected chi connectivity index (χ3v) is 5.12. The van der Waals surface area contributed by atoms with E-state index >= 15 is 0 Å². The zero-order valence-electron chi connectivity index (χ0n) is 12.9. The van der Waals surface area contributed by atoms with Crippen LogP contribution in [-0.2, 0) is 10.0 Å². The summed E-state index contributed by atoms with van der Waals surface area (Å²) in [4.78, 5) is -0.106. The lowest BCUT2D eigenvalue weighted by Crippen LogP contribution is -2.52. The highest BCUT2D eigenvalue weighted by molar-refractivity contribution is 7.92. The van der Waals surface area contributed by atoms with E-state index in [1.165, 1.54) is 12.1 Å². The summed E-state index contributed by atoms with van der Waals surface area (Å²) in [6.45, 7) is 1.76. The van der Waals surface area contributed by atoms with E-state index in [1.807, 2.05) is 0 Å². The minimum absolute atomic E-state index is 0.106. The van der Waals surface area contributed by atoms with Crippen LogP contribution in [0.3, 0.4) is 0 Å². The maximum atomic E-state index is 13.3. The average Bonchev–Trinajstić information content (AvgIpc) is 2.50. The first kappa shape index (κ1) is 18.6. The normalized spacial score (nSPS) is 17.6. The van der Waals surface area contributed by atoms with E-state index in [-0.39, 0.29) is 15.6 Å². The quantitative estimate of drug-likeness (QED) is 0.760. The van der Waals surface area contributed by atoms with E-state index < -0.39 is 33.7 Å². The highest BCUT2D eigenvalue weighted by atomic mass is 35.5. The Morgan fingerprint density at radius 2 is 1.46 bits per heavy atom. The van der Waals surface area contributed by atoms with Crippen LogP contribution in [0.5, 0.6) is 11.5 Å². The molecule has 0 aromatic heterocycles. The van der Waals surface area contributed by atoms with Gasteiger partial charge in [0.1, 0.15) is 0 Å². The van der Waals surface area contributed by atoms with Crippen LogP contribution in [0.15, 0.2) is 41.3 Å². The summed E-state index contributed by atoms with van der Waals surface area (Å²) >= 11 is 5.85. The number of hydrogen-bond donors (Lipinski definition) is 1. The number of ether oxygens (including phenoxy) is 2. The van der Waals surface area contributed by atoms with Crippen molar-refractivity contribution in [1.82, 2.24) is 0 Å². The molecule has 0 amide bonds. The molecule has 140 valence electrons. The largest absolute Gasteiger partial charge is 0.507 e. The van der Waals surface area contributed by atoms with Crippen molar-refractivity contribution >= 4 is 27.3 Å². The van der Waals surface area contributed by atoms with Crippen LogP contribution in [0.4, 0.5) is 23.2 Å². The van der Waals surface area contributed by atoms with Crippen molar-refractivity contribution in [1.29, 1.82) is 0 Å². The standard InChI is InChI=1S/C15H10ClF4NO4S/c1-8-2-4-9(5-3-8)26(22,23)21-11-7-13-12(6-10(11)16)24-14(17,18)15(19,20)25-13/h2-7,21H,1H3. The molecule has 1 N–H and O–H groups in total. The number of anilines is 1. The number of sulfonamides is 1. The molecule has 0 spiro atoms. The Kier molecular flexibility index (Phi) is 4.23. The van der Waals surface area contributed by atoms with Crippen molar-refractivity contribution in [2.24, 2.45) is 0 Å². The number of aryl methyl sites for hydroxylation is 1. The fourth-order valence-electron chi connectivity index (χ4n) is 2.09. The maximum Gasteiger partial charge on any atom is 0.507 e. The molecule has 0 saturated carbocycles. The van der Waals surface area contributed by atoms with Gasteiger partial charge < -0.3 is 9.47 Å². The van der Waals surface area contributed by atoms with E-state index in [1.54, 1.807) is 19.1 Å². The van der Waals surface area contributed by atoms with Crippen molar-refractivity contribution < 1.29 is 35.5 Å². The number of hydrogen-bond acceptors (Lipinski definition) is 4. The third-order valence-electron chi connectivity index (χ3n) is 3.42. The summed E-state index contributed by atoms with van der Waals surface area (Å²) in [6, 6.07) is 7.28. The summed E-state index contributed by atoms with van der Waals surface area (Å²) in [5, 5.41) is -0.343. The second-order valence-electron chi connectivity index (χ2n) is 5.44. The van der Waals surface area contributed by atoms with Gasteiger partial charge in [0.25, 0.3) is 10.0 Å². The van der Waals surface area contributed by atoms with E-state index in [9.17, 15) is 26.0 Å². The number of rotatable bonds is 3. The Bertz CT molecular complexity index is 964. The van der Waals surface area contributed by atoms with Gasteiger partial charge in [0.05, 0.1) is 15.6 Å². The minimum Gasteiger partial charge on any atom is -0.421 e. The van der Waals surface area contributed by atoms with Crippen molar-refractivity contribution in [2.75, 3.05) is 4.72 Å². The monoisotopic (exact) mass is 411 g/mol. The lowest BCUT2D eigenvalue weighted by Gasteiger charge is -2.32. The minimum atomic E-state index is -4.93. The summed E-state index contributed by atoms with van der Waals surface area (Å²) in [5.74, 6) is -1.53. The van der Waals surface area contributed by atoms with Crippen LogP contribution in [0.25, 0.3) is 0 Å². The van der Waals surface area contributed by atoms with E-state index in [0.717, 1.165) is 17.7 Å². The molecule has 0 bridgehead atoms. The summed E-state index contributed by atoms with van der Waals surface area (Å²) in [6.07, 6.45) is -9.83. The molecule has 2 aromatic carbocycles. The van der Waals surface area contributed by atoms with Crippen LogP contribution in [0, 0.1) is 6.92 Å². The molecule has 1 aliphatic heterocycles. The molecule has 0 radical (unpaired) electrons. The molecule has 1 heterocycles. The lowest BCUT2D eigenvalue weighted by atomic mass is 10.2. The van der Waals surface area contributed by atoms with Gasteiger partial charge in [0, 0.05) is 12.1 Å². The predicted octanol–water partition coefficient (Wildman–Crippen LogP) is 4.41. The highest BCUT2D eigenvalue weighted by Crippen LogP contribution is 2.49. The summed E-state index contributed by atoms with van der Waals surface area (Å²) in [7, 11) is -4.10. The van der Waals surface area contributed by atoms with Gasteiger partial charge in [0.2, 0.25) is 0 Å². The molecule has 5 nitrogen and oxygen atoms in total. The fraction of sp³-hybridized carbons (Fsp3) is 0.200. The van der Waals surface area contributed by atoms with Gasteiger partial charge in [-0.15, -0.1) is 0 Å². The topological polar surface area (TPSA) is 64.6 Å². The number of halogens is 5. The molecule has 0 aliphatic carbocycles. The first-order chi connectivity index (χ1) is 11.9. The van der Waals surface area contributed by atoms with Crippen LogP contribution in [0.1, 0.15) is 5.56 Å². The first-order valence-corrected chi connectivity index (χ1v) is 8.84. The molecule has 0 fully saturated rings. The molecular weight excluding hydrogens is 402 g/mol. The summed E-state index contributed by atoms with van der Waals surface area (Å²) in [5.41, 5.74) is 0.486. The average molecular weight is 412 g/mol. The van der Waals surface area contributed by atoms with Gasteiger partial charge in [-0.25, -0.2) is 8.42 Å². The van der Waals surface area contributed by atoms with Gasteiger partial charge >= 0.3 is 12.2 Å². The second-order valence-corrected chi connectivity index (χ2v) is 7.52. The molecule has 3 rings (SSSR count). The smallest absolute Gasteiger partial charge is 0.421 e. The van der Waals surface area contributed by atoms with E-state index in [4.69, 9.17) is 11.6 Å². The first-order valence-electron chi connectivity index (χ1n) is 6.98. The Labute approximate surface area is 150 Å². The molecule has 1 aliphatic rings. The number of alkyl halides is 4. The van der Waals surface area contributed by atoms with E-state index in [0.29, 0.717) is 0 Å². The SMILES string of the molecule is Cc1ccc(S(=O)(=O)Nc2cc3c(cc2Cl)OC(F)(F)C(F)(F)O3)cc1. The number of benzene rings is 2. The Morgan fingerprint density at radius 1 is 0.962 bits per heavy atom. The maximum absolute atomic E-state index is 13.3. The van der Waals surface area contributed by atoms with Crippen molar-refractivity contribution in [3.05, 3.63) is 47.0 Å². The zero-order valence-corrected chi connectivity index (χ0v) is 14.5. The number of nitrogens with one attached hydrogen (secondary N) is 1. The van der Waals surface area contributed by atoms with Gasteiger partial charge in [-0.2, -0.15) is 17.6 Å². The van der Waals surface area contributed by atoms with Crippen molar-refractivity contribution in [2.45, 2.75) is 24.0 Å². The predicted molar refractivity (Wildman–Crippen MR) is 84.6 cm³/mol. The van der Waals surface area contributed by atoms with Crippen LogP contribution in [-0.4, -0.2) is 20.6 Å². The molecular formula is C15H10ClF4NO4S. The molecule has 2 aromatic rings. The van der Waals surface area contributed by atoms with Gasteiger partial charge in [-0.3, -0.25) is 4.72 Å². The molecule has 0 saturated heterocycles. The summed E-state index contributed by atoms with van der Waals surface area (Å²) < 4.78 is 87.6. The third kappa shape index (κ3) is 3.26. The van der Waals surface area contributed by atoms with Crippen LogP contribution in [0.2, 0.25) is 5.02 Å². The van der Waals surface area contributed by atoms with Gasteiger partial charge in [-0.05, 0) is 19.1 Å². The molecule has 26 heavy (non-hydrogen) atoms. The van der Waals surface area contributed by atoms with Crippen molar-refractivity contribution in [3.63, 3.8) is 0 Å². The lowest BCUT2D eigenvalue weighted by molar-refractivity contribution is -0.391. The number of fused-ring (bicyclic) bond motifs is 1. The van der Waals surface area contributed by atoms with Gasteiger partial charge in [-0.1, -0.05) is 29.3 Å². The van der Waals surface area contributed by atoms with Crippen LogP contribution >= 0.6 is 11.6 Å². The second kappa shape index (κ2) is 5.92. The molecule has 0 atom stereocenters. The fourth-order valence-corrected chi connectivity index (χ4v) is 3.42. The Hall–Kier alpha value is -2.20. The van der Waals surface area contributed by atoms with Gasteiger partial charge in [0.15, 0.2) is 11.5 Å². The Balaban J connectivity index is 1.97. The Morgan fingerprint density at radius 3 is 2.00 bits per heavy atom. The van der Waals surface area contributed by atoms with Crippen LogP contribution < -0.4 is 14.2 Å². The molecule has 11 heteroatoms. The molecule has 0 unspecified atom stereocenters. The van der Waals surface area contributed by atoms with E-state index in [2.05, 4.69) is 14.2 Å². The highest BCUT2D eigenvalue weighted by Gasteiger charge is 2.66. The van der Waals surface area contributed by atoms with Crippen molar-refractivity contribution in [3.8, 4) is 11.5 Å². The zero-order chi connectivity index (χ0) is 19.3.